The van der Waals surface area contributed by atoms with Gasteiger partial charge in [0.1, 0.15) is 5.75 Å². The second-order valence-corrected chi connectivity index (χ2v) is 6.74. The number of nitrogens with one attached hydrogen (secondary N) is 1. The van der Waals surface area contributed by atoms with Crippen LogP contribution in [0.1, 0.15) is 54.8 Å². The van der Waals surface area contributed by atoms with E-state index in [1.165, 1.54) is 29.5 Å². The SMILES string of the molecule is COc1ccc([C@@H]2NCC[C@]3(O)CCCC[C@@H]23)c(C)c1C. The lowest BCUT2D eigenvalue weighted by Gasteiger charge is -2.48. The number of fused-ring (bicyclic) bond motifs is 1. The van der Waals surface area contributed by atoms with Crippen LogP contribution in [0.5, 0.6) is 5.75 Å². The molecule has 3 nitrogen and oxygen atoms in total. The third kappa shape index (κ3) is 2.47. The lowest BCUT2D eigenvalue weighted by Crippen LogP contribution is -2.53. The Hall–Kier alpha value is -1.06. The van der Waals surface area contributed by atoms with Crippen molar-refractivity contribution in [1.82, 2.24) is 5.32 Å². The maximum absolute atomic E-state index is 11.0. The molecule has 3 heteroatoms. The van der Waals surface area contributed by atoms with Crippen LogP contribution >= 0.6 is 0 Å². The zero-order valence-electron chi connectivity index (χ0n) is 13.4. The average Bonchev–Trinajstić information content (AvgIpc) is 2.49. The summed E-state index contributed by atoms with van der Waals surface area (Å²) in [4.78, 5) is 0. The van der Waals surface area contributed by atoms with Crippen LogP contribution in [-0.2, 0) is 0 Å². The van der Waals surface area contributed by atoms with Gasteiger partial charge in [0.25, 0.3) is 0 Å². The highest BCUT2D eigenvalue weighted by atomic mass is 16.5. The van der Waals surface area contributed by atoms with Gasteiger partial charge in [-0.2, -0.15) is 0 Å². The molecule has 2 fully saturated rings. The number of methoxy groups -OCH3 is 1. The Balaban J connectivity index is 1.97. The van der Waals surface area contributed by atoms with Crippen LogP contribution in [0, 0.1) is 19.8 Å². The van der Waals surface area contributed by atoms with Crippen molar-refractivity contribution in [3.63, 3.8) is 0 Å². The Morgan fingerprint density at radius 3 is 2.76 bits per heavy atom. The highest BCUT2D eigenvalue weighted by molar-refractivity contribution is 5.45. The largest absolute Gasteiger partial charge is 0.496 e. The molecule has 1 aliphatic heterocycles. The fourth-order valence-corrected chi connectivity index (χ4v) is 4.32. The highest BCUT2D eigenvalue weighted by Crippen LogP contribution is 2.46. The number of aliphatic hydroxyl groups is 1. The summed E-state index contributed by atoms with van der Waals surface area (Å²) in [5.74, 6) is 1.29. The number of piperidine rings is 1. The summed E-state index contributed by atoms with van der Waals surface area (Å²) < 4.78 is 5.42. The van der Waals surface area contributed by atoms with Gasteiger partial charge in [-0.3, -0.25) is 0 Å². The topological polar surface area (TPSA) is 41.5 Å². The molecule has 1 saturated carbocycles. The number of benzene rings is 1. The molecular formula is C18H27NO2. The maximum atomic E-state index is 11.0. The quantitative estimate of drug-likeness (QED) is 0.878. The van der Waals surface area contributed by atoms with Gasteiger partial charge in [-0.1, -0.05) is 18.9 Å². The smallest absolute Gasteiger partial charge is 0.122 e. The van der Waals surface area contributed by atoms with E-state index in [-0.39, 0.29) is 6.04 Å². The molecule has 2 N–H and O–H groups in total. The summed E-state index contributed by atoms with van der Waals surface area (Å²) in [5, 5.41) is 14.7. The van der Waals surface area contributed by atoms with Crippen molar-refractivity contribution in [2.45, 2.75) is 57.6 Å². The van der Waals surface area contributed by atoms with E-state index in [1.54, 1.807) is 7.11 Å². The predicted molar refractivity (Wildman–Crippen MR) is 84.7 cm³/mol. The van der Waals surface area contributed by atoms with Crippen LogP contribution in [-0.4, -0.2) is 24.4 Å². The standard InChI is InChI=1S/C18H27NO2/c1-12-13(2)16(21-3)8-7-14(12)17-15-6-4-5-9-18(15,20)10-11-19-17/h7-8,15,17,19-20H,4-6,9-11H2,1-3H3/t15-,17-,18+/m0/s1. The lowest BCUT2D eigenvalue weighted by molar-refractivity contribution is -0.0862. The van der Waals surface area contributed by atoms with Gasteiger partial charge in [-0.15, -0.1) is 0 Å². The number of ether oxygens (including phenoxy) is 1. The highest BCUT2D eigenvalue weighted by Gasteiger charge is 2.46. The minimum Gasteiger partial charge on any atom is -0.496 e. The summed E-state index contributed by atoms with van der Waals surface area (Å²) in [7, 11) is 1.72. The number of hydrogen-bond acceptors (Lipinski definition) is 3. The normalized spacial score (nSPS) is 32.6. The maximum Gasteiger partial charge on any atom is 0.122 e. The van der Waals surface area contributed by atoms with E-state index < -0.39 is 5.60 Å². The van der Waals surface area contributed by atoms with Crippen LogP contribution in [0.4, 0.5) is 0 Å². The molecule has 0 unspecified atom stereocenters. The summed E-state index contributed by atoms with van der Waals surface area (Å²) >= 11 is 0. The van der Waals surface area contributed by atoms with E-state index in [0.717, 1.165) is 31.6 Å². The first kappa shape index (κ1) is 14.9. The molecule has 1 aromatic rings. The van der Waals surface area contributed by atoms with E-state index in [9.17, 15) is 5.11 Å². The van der Waals surface area contributed by atoms with E-state index in [1.807, 2.05) is 0 Å². The van der Waals surface area contributed by atoms with Gasteiger partial charge in [-0.25, -0.2) is 0 Å². The Labute approximate surface area is 127 Å². The molecule has 3 rings (SSSR count). The third-order valence-electron chi connectivity index (χ3n) is 5.72. The van der Waals surface area contributed by atoms with Gasteiger partial charge in [0, 0.05) is 12.0 Å². The van der Waals surface area contributed by atoms with Crippen molar-refractivity contribution in [2.24, 2.45) is 5.92 Å². The molecule has 0 amide bonds. The average molecular weight is 289 g/mol. The summed E-state index contributed by atoms with van der Waals surface area (Å²) in [5.41, 5.74) is 3.37. The molecule has 1 aliphatic carbocycles. The molecule has 0 aromatic heterocycles. The minimum atomic E-state index is -0.464. The van der Waals surface area contributed by atoms with Crippen LogP contribution in [0.2, 0.25) is 0 Å². The molecule has 2 aliphatic rings. The zero-order valence-corrected chi connectivity index (χ0v) is 13.4. The molecule has 116 valence electrons. The van der Waals surface area contributed by atoms with Crippen LogP contribution < -0.4 is 10.1 Å². The van der Waals surface area contributed by atoms with Crippen molar-refractivity contribution < 1.29 is 9.84 Å². The van der Waals surface area contributed by atoms with Crippen molar-refractivity contribution in [1.29, 1.82) is 0 Å². The molecule has 3 atom stereocenters. The second kappa shape index (κ2) is 5.62. The molecule has 1 saturated heterocycles. The first-order valence-corrected chi connectivity index (χ1v) is 8.16. The van der Waals surface area contributed by atoms with E-state index in [0.29, 0.717) is 5.92 Å². The van der Waals surface area contributed by atoms with E-state index in [4.69, 9.17) is 4.74 Å². The van der Waals surface area contributed by atoms with Crippen molar-refractivity contribution >= 4 is 0 Å². The Bertz CT molecular complexity index is 524. The second-order valence-electron chi connectivity index (χ2n) is 6.74. The van der Waals surface area contributed by atoms with Crippen molar-refractivity contribution in [3.05, 3.63) is 28.8 Å². The molecular weight excluding hydrogens is 262 g/mol. The van der Waals surface area contributed by atoms with Gasteiger partial charge in [0.05, 0.1) is 12.7 Å². The first-order valence-electron chi connectivity index (χ1n) is 8.16. The zero-order chi connectivity index (χ0) is 15.0. The minimum absolute atomic E-state index is 0.272. The monoisotopic (exact) mass is 289 g/mol. The summed E-state index contributed by atoms with van der Waals surface area (Å²) in [6.45, 7) is 5.20. The predicted octanol–water partition coefficient (Wildman–Crippen LogP) is 3.27. The van der Waals surface area contributed by atoms with Gasteiger partial charge >= 0.3 is 0 Å². The van der Waals surface area contributed by atoms with Gasteiger partial charge in [0.15, 0.2) is 0 Å². The third-order valence-corrected chi connectivity index (χ3v) is 5.72. The number of rotatable bonds is 2. The Kier molecular flexibility index (Phi) is 3.98. The Morgan fingerprint density at radius 2 is 2.00 bits per heavy atom. The molecule has 21 heavy (non-hydrogen) atoms. The summed E-state index contributed by atoms with van der Waals surface area (Å²) in [6, 6.07) is 4.52. The van der Waals surface area contributed by atoms with Crippen LogP contribution in [0.15, 0.2) is 12.1 Å². The van der Waals surface area contributed by atoms with Gasteiger partial charge < -0.3 is 15.2 Å². The molecule has 1 aromatic carbocycles. The van der Waals surface area contributed by atoms with E-state index >= 15 is 0 Å². The molecule has 0 bridgehead atoms. The van der Waals surface area contributed by atoms with Crippen LogP contribution in [0.25, 0.3) is 0 Å². The summed E-state index contributed by atoms with van der Waals surface area (Å²) in [6.07, 6.45) is 5.38. The Morgan fingerprint density at radius 1 is 1.19 bits per heavy atom. The first-order chi connectivity index (χ1) is 10.1. The fourth-order valence-electron chi connectivity index (χ4n) is 4.32. The molecule has 1 heterocycles. The van der Waals surface area contributed by atoms with Crippen LogP contribution in [0.3, 0.4) is 0 Å². The molecule has 0 radical (unpaired) electrons. The van der Waals surface area contributed by atoms with Gasteiger partial charge in [0.2, 0.25) is 0 Å². The number of hydrogen-bond donors (Lipinski definition) is 2. The fraction of sp³-hybridized carbons (Fsp3) is 0.667. The van der Waals surface area contributed by atoms with E-state index in [2.05, 4.69) is 31.3 Å². The lowest BCUT2D eigenvalue weighted by atomic mass is 9.66. The van der Waals surface area contributed by atoms with Crippen molar-refractivity contribution in [3.8, 4) is 5.75 Å². The van der Waals surface area contributed by atoms with Gasteiger partial charge in [-0.05, 0) is 62.4 Å². The van der Waals surface area contributed by atoms with Crippen molar-refractivity contribution in [2.75, 3.05) is 13.7 Å². The molecule has 0 spiro atoms.